The summed E-state index contributed by atoms with van der Waals surface area (Å²) in [6.45, 7) is 2.75. The number of hydrogen-bond donors (Lipinski definition) is 1. The van der Waals surface area contributed by atoms with Crippen LogP contribution < -0.4 is 5.32 Å². The Morgan fingerprint density at radius 1 is 1.03 bits per heavy atom. The molecule has 1 aliphatic heterocycles. The Morgan fingerprint density at radius 2 is 1.69 bits per heavy atom. The van der Waals surface area contributed by atoms with E-state index in [0.717, 1.165) is 11.1 Å². The number of carbonyl (C=O) groups excluding carboxylic acids is 1. The zero-order valence-electron chi connectivity index (χ0n) is 17.0. The van der Waals surface area contributed by atoms with Crippen LogP contribution in [0.4, 0.5) is 26.3 Å². The predicted octanol–water partition coefficient (Wildman–Crippen LogP) is 5.15. The van der Waals surface area contributed by atoms with Crippen molar-refractivity contribution in [3.05, 3.63) is 58.7 Å². The molecular weight excluding hydrogens is 440 g/mol. The lowest BCUT2D eigenvalue weighted by Gasteiger charge is -2.31. The summed E-state index contributed by atoms with van der Waals surface area (Å²) in [6, 6.07) is 10.2. The molecule has 0 aromatic heterocycles. The van der Waals surface area contributed by atoms with Crippen LogP contribution >= 0.6 is 0 Å². The van der Waals surface area contributed by atoms with E-state index in [1.165, 1.54) is 6.07 Å². The fraction of sp³-hybridized carbons (Fsp3) is 0.409. The number of ether oxygens (including phenoxy) is 2. The second-order valence-electron chi connectivity index (χ2n) is 7.69. The number of amides is 1. The van der Waals surface area contributed by atoms with E-state index in [1.807, 2.05) is 6.07 Å². The quantitative estimate of drug-likeness (QED) is 0.646. The molecule has 1 heterocycles. The predicted molar refractivity (Wildman–Crippen MR) is 102 cm³/mol. The van der Waals surface area contributed by atoms with Gasteiger partial charge in [-0.25, -0.2) is 0 Å². The number of alkyl halides is 6. The first kappa shape index (κ1) is 22.6. The molecule has 1 aliphatic carbocycles. The van der Waals surface area contributed by atoms with Crippen molar-refractivity contribution in [1.29, 1.82) is 0 Å². The van der Waals surface area contributed by atoms with Gasteiger partial charge in [-0.1, -0.05) is 36.4 Å². The summed E-state index contributed by atoms with van der Waals surface area (Å²) in [7, 11) is 0. The van der Waals surface area contributed by atoms with Gasteiger partial charge in [-0.2, -0.15) is 26.3 Å². The van der Waals surface area contributed by atoms with Gasteiger partial charge in [-0.3, -0.25) is 4.79 Å². The van der Waals surface area contributed by atoms with Crippen LogP contribution in [0.2, 0.25) is 0 Å². The highest BCUT2D eigenvalue weighted by molar-refractivity contribution is 5.97. The highest BCUT2D eigenvalue weighted by atomic mass is 19.4. The lowest BCUT2D eigenvalue weighted by molar-refractivity contribution is -0.443. The van der Waals surface area contributed by atoms with Gasteiger partial charge in [0.25, 0.3) is 0 Å². The number of fused-ring (bicyclic) bond motifs is 3. The van der Waals surface area contributed by atoms with Crippen molar-refractivity contribution in [1.82, 2.24) is 5.32 Å². The number of carbonyl (C=O) groups is 1. The highest BCUT2D eigenvalue weighted by Gasteiger charge is 2.77. The average molecular weight is 459 g/mol. The molecule has 0 bridgehead atoms. The molecule has 2 atom stereocenters. The van der Waals surface area contributed by atoms with E-state index in [9.17, 15) is 31.1 Å². The molecule has 10 heteroatoms. The molecule has 1 N–H and O–H groups in total. The standard InChI is InChI=1S/C22H19F6NO3/c1-3-29-19(30)18-14-7-5-4-6-13(14)15-9-8-12(11(2)17(15)18)16-10-31-20(32-16,21(23,24)25)22(26,27)28/h4-9,16,18H,3,10H2,1-2H3,(H,29,30). The second-order valence-corrected chi connectivity index (χ2v) is 7.69. The summed E-state index contributed by atoms with van der Waals surface area (Å²) in [6.07, 6.45) is -13.2. The van der Waals surface area contributed by atoms with Gasteiger partial charge in [0.1, 0.15) is 6.10 Å². The SMILES string of the molecule is CCNC(=O)C1c2ccccc2-c2ccc(C3COC(C(F)(F)F)(C(F)(F)F)O3)c(C)c21. The van der Waals surface area contributed by atoms with E-state index >= 15 is 0 Å². The maximum absolute atomic E-state index is 13.3. The number of hydrogen-bond acceptors (Lipinski definition) is 3. The molecule has 2 aliphatic rings. The minimum absolute atomic E-state index is 0.112. The fourth-order valence-electron chi connectivity index (χ4n) is 4.47. The summed E-state index contributed by atoms with van der Waals surface area (Å²) in [5, 5.41) is 2.75. The molecule has 0 spiro atoms. The summed E-state index contributed by atoms with van der Waals surface area (Å²) >= 11 is 0. The van der Waals surface area contributed by atoms with Crippen LogP contribution in [0.5, 0.6) is 0 Å². The van der Waals surface area contributed by atoms with Crippen LogP contribution in [-0.2, 0) is 14.3 Å². The van der Waals surface area contributed by atoms with Crippen LogP contribution in [-0.4, -0.2) is 37.2 Å². The number of halogens is 6. The molecule has 2 aromatic rings. The van der Waals surface area contributed by atoms with E-state index < -0.39 is 36.8 Å². The molecule has 32 heavy (non-hydrogen) atoms. The van der Waals surface area contributed by atoms with Gasteiger partial charge in [-0.15, -0.1) is 0 Å². The number of rotatable bonds is 3. The van der Waals surface area contributed by atoms with Crippen LogP contribution in [0, 0.1) is 6.92 Å². The molecule has 1 saturated heterocycles. The Hall–Kier alpha value is -2.59. The van der Waals surface area contributed by atoms with Gasteiger partial charge < -0.3 is 14.8 Å². The summed E-state index contributed by atoms with van der Waals surface area (Å²) in [4.78, 5) is 12.9. The van der Waals surface area contributed by atoms with Crippen molar-refractivity contribution < 1.29 is 40.6 Å². The fourth-order valence-corrected chi connectivity index (χ4v) is 4.47. The van der Waals surface area contributed by atoms with E-state index in [1.54, 1.807) is 38.1 Å². The summed E-state index contributed by atoms with van der Waals surface area (Å²) in [5.41, 5.74) is 3.25. The van der Waals surface area contributed by atoms with E-state index in [2.05, 4.69) is 14.8 Å². The highest BCUT2D eigenvalue weighted by Crippen LogP contribution is 2.54. The molecule has 0 radical (unpaired) electrons. The van der Waals surface area contributed by atoms with Crippen molar-refractivity contribution in [2.24, 2.45) is 0 Å². The largest absolute Gasteiger partial charge is 0.453 e. The zero-order chi connectivity index (χ0) is 23.5. The number of benzene rings is 2. The third kappa shape index (κ3) is 3.19. The smallest absolute Gasteiger partial charge is 0.356 e. The molecule has 172 valence electrons. The monoisotopic (exact) mass is 459 g/mol. The van der Waals surface area contributed by atoms with Crippen molar-refractivity contribution >= 4 is 5.91 Å². The van der Waals surface area contributed by atoms with Crippen LogP contribution in [0.3, 0.4) is 0 Å². The Balaban J connectivity index is 1.80. The van der Waals surface area contributed by atoms with E-state index in [0.29, 0.717) is 23.2 Å². The Labute approximate surface area is 179 Å². The first-order chi connectivity index (χ1) is 14.9. The lowest BCUT2D eigenvalue weighted by atomic mass is 9.88. The lowest BCUT2D eigenvalue weighted by Crippen LogP contribution is -2.57. The van der Waals surface area contributed by atoms with Crippen molar-refractivity contribution in [2.45, 2.75) is 44.0 Å². The molecule has 4 nitrogen and oxygen atoms in total. The van der Waals surface area contributed by atoms with Gasteiger partial charge in [-0.05, 0) is 47.2 Å². The Kier molecular flexibility index (Phi) is 5.28. The van der Waals surface area contributed by atoms with Crippen molar-refractivity contribution in [3.63, 3.8) is 0 Å². The normalized spacial score (nSPS) is 21.9. The minimum atomic E-state index is -5.82. The average Bonchev–Trinajstić information content (AvgIpc) is 3.29. The summed E-state index contributed by atoms with van der Waals surface area (Å²) < 4.78 is 88.8. The molecule has 2 unspecified atom stereocenters. The van der Waals surface area contributed by atoms with Gasteiger partial charge in [0.15, 0.2) is 0 Å². The second kappa shape index (κ2) is 7.48. The van der Waals surface area contributed by atoms with E-state index in [4.69, 9.17) is 0 Å². The third-order valence-corrected chi connectivity index (χ3v) is 5.86. The van der Waals surface area contributed by atoms with Crippen molar-refractivity contribution in [2.75, 3.05) is 13.2 Å². The topological polar surface area (TPSA) is 47.6 Å². The number of nitrogens with one attached hydrogen (secondary N) is 1. The maximum atomic E-state index is 13.3. The first-order valence-electron chi connectivity index (χ1n) is 9.88. The van der Waals surface area contributed by atoms with E-state index in [-0.39, 0.29) is 11.5 Å². The van der Waals surface area contributed by atoms with Gasteiger partial charge in [0, 0.05) is 6.54 Å². The molecule has 1 amide bonds. The number of likely N-dealkylation sites (N-methyl/N-ethyl adjacent to an activating group) is 1. The Morgan fingerprint density at radius 3 is 2.28 bits per heavy atom. The Bertz CT molecular complexity index is 1050. The van der Waals surface area contributed by atoms with Gasteiger partial charge in [0.2, 0.25) is 5.91 Å². The van der Waals surface area contributed by atoms with Crippen molar-refractivity contribution in [3.8, 4) is 11.1 Å². The molecule has 4 rings (SSSR count). The third-order valence-electron chi connectivity index (χ3n) is 5.86. The zero-order valence-corrected chi connectivity index (χ0v) is 17.0. The molecule has 1 fully saturated rings. The molecule has 2 aromatic carbocycles. The van der Waals surface area contributed by atoms with Crippen LogP contribution in [0.15, 0.2) is 36.4 Å². The molecular formula is C22H19F6NO3. The summed E-state index contributed by atoms with van der Waals surface area (Å²) in [5.74, 6) is -5.74. The van der Waals surface area contributed by atoms with Gasteiger partial charge in [0.05, 0.1) is 12.5 Å². The van der Waals surface area contributed by atoms with Crippen LogP contribution in [0.1, 0.15) is 41.2 Å². The first-order valence-corrected chi connectivity index (χ1v) is 9.88. The minimum Gasteiger partial charge on any atom is -0.356 e. The molecule has 0 saturated carbocycles. The maximum Gasteiger partial charge on any atom is 0.453 e. The van der Waals surface area contributed by atoms with Gasteiger partial charge >= 0.3 is 18.1 Å². The van der Waals surface area contributed by atoms with Crippen LogP contribution in [0.25, 0.3) is 11.1 Å².